The normalized spacial score (nSPS) is 42.2. The summed E-state index contributed by atoms with van der Waals surface area (Å²) in [4.78, 5) is 2.66. The topological polar surface area (TPSA) is 24.5 Å². The highest BCUT2D eigenvalue weighted by Gasteiger charge is 2.31. The van der Waals surface area contributed by atoms with E-state index in [2.05, 4.69) is 31.1 Å². The Bertz CT molecular complexity index is 212. The molecule has 4 unspecified atom stereocenters. The summed E-state index contributed by atoms with van der Waals surface area (Å²) in [5, 5.41) is 3.44. The Morgan fingerprint density at radius 3 is 2.44 bits per heavy atom. The van der Waals surface area contributed by atoms with Gasteiger partial charge in [-0.15, -0.1) is 0 Å². The highest BCUT2D eigenvalue weighted by atomic mass is 16.5. The van der Waals surface area contributed by atoms with Crippen LogP contribution in [0.3, 0.4) is 0 Å². The second-order valence-corrected chi connectivity index (χ2v) is 5.52. The summed E-state index contributed by atoms with van der Waals surface area (Å²) in [5.74, 6) is 0. The zero-order valence-corrected chi connectivity index (χ0v) is 10.9. The number of nitrogens with zero attached hydrogens (tertiary/aromatic N) is 1. The van der Waals surface area contributed by atoms with Crippen LogP contribution in [0.15, 0.2) is 0 Å². The van der Waals surface area contributed by atoms with E-state index in [-0.39, 0.29) is 0 Å². The lowest BCUT2D eigenvalue weighted by Crippen LogP contribution is -2.52. The fourth-order valence-electron chi connectivity index (χ4n) is 3.27. The predicted molar refractivity (Wildman–Crippen MR) is 66.7 cm³/mol. The first kappa shape index (κ1) is 12.3. The molecule has 3 nitrogen and oxygen atoms in total. The van der Waals surface area contributed by atoms with Crippen LogP contribution >= 0.6 is 0 Å². The standard InChI is InChI=1S/C13H26N2O/c1-10-8-15(9-11(2)16-10)13-6-4-5-12(7-13)14-3/h10-14H,4-9H2,1-3H3. The Balaban J connectivity index is 1.90. The molecule has 1 aliphatic heterocycles. The lowest BCUT2D eigenvalue weighted by atomic mass is 9.89. The van der Waals surface area contributed by atoms with Crippen LogP contribution in [0.1, 0.15) is 39.5 Å². The van der Waals surface area contributed by atoms with Crippen molar-refractivity contribution in [3.05, 3.63) is 0 Å². The van der Waals surface area contributed by atoms with Gasteiger partial charge in [-0.25, -0.2) is 0 Å². The zero-order valence-electron chi connectivity index (χ0n) is 10.9. The quantitative estimate of drug-likeness (QED) is 0.774. The predicted octanol–water partition coefficient (Wildman–Crippen LogP) is 1.63. The minimum absolute atomic E-state index is 0.402. The van der Waals surface area contributed by atoms with Crippen LogP contribution in [-0.2, 0) is 4.74 Å². The molecule has 0 aromatic rings. The van der Waals surface area contributed by atoms with Crippen molar-refractivity contribution in [2.75, 3.05) is 20.1 Å². The van der Waals surface area contributed by atoms with Gasteiger partial charge in [0.1, 0.15) is 0 Å². The smallest absolute Gasteiger partial charge is 0.0678 e. The van der Waals surface area contributed by atoms with Gasteiger partial charge in [0.05, 0.1) is 12.2 Å². The number of morpholine rings is 1. The second-order valence-electron chi connectivity index (χ2n) is 5.52. The van der Waals surface area contributed by atoms with Gasteiger partial charge in [-0.2, -0.15) is 0 Å². The molecule has 1 N–H and O–H groups in total. The van der Waals surface area contributed by atoms with Crippen molar-refractivity contribution in [2.24, 2.45) is 0 Å². The number of hydrogen-bond acceptors (Lipinski definition) is 3. The van der Waals surface area contributed by atoms with E-state index in [1.165, 1.54) is 25.7 Å². The van der Waals surface area contributed by atoms with Crippen molar-refractivity contribution in [1.29, 1.82) is 0 Å². The van der Waals surface area contributed by atoms with Gasteiger partial charge >= 0.3 is 0 Å². The largest absolute Gasteiger partial charge is 0.373 e. The van der Waals surface area contributed by atoms with Crippen molar-refractivity contribution in [2.45, 2.75) is 63.8 Å². The van der Waals surface area contributed by atoms with Gasteiger partial charge in [-0.05, 0) is 40.2 Å². The fourth-order valence-corrected chi connectivity index (χ4v) is 3.27. The third kappa shape index (κ3) is 2.96. The second kappa shape index (κ2) is 5.48. The highest BCUT2D eigenvalue weighted by molar-refractivity contribution is 4.86. The third-order valence-electron chi connectivity index (χ3n) is 4.02. The monoisotopic (exact) mass is 226 g/mol. The molecule has 4 atom stereocenters. The lowest BCUT2D eigenvalue weighted by molar-refractivity contribution is -0.0850. The van der Waals surface area contributed by atoms with Gasteiger partial charge in [0.15, 0.2) is 0 Å². The highest BCUT2D eigenvalue weighted by Crippen LogP contribution is 2.25. The van der Waals surface area contributed by atoms with Crippen LogP contribution in [0.25, 0.3) is 0 Å². The van der Waals surface area contributed by atoms with E-state index in [1.54, 1.807) is 0 Å². The minimum Gasteiger partial charge on any atom is -0.373 e. The van der Waals surface area contributed by atoms with Crippen LogP contribution in [0.4, 0.5) is 0 Å². The summed E-state index contributed by atoms with van der Waals surface area (Å²) in [6.07, 6.45) is 6.21. The molecule has 16 heavy (non-hydrogen) atoms. The van der Waals surface area contributed by atoms with E-state index in [4.69, 9.17) is 4.74 Å². The van der Waals surface area contributed by atoms with Crippen LogP contribution in [0.2, 0.25) is 0 Å². The lowest BCUT2D eigenvalue weighted by Gasteiger charge is -2.43. The summed E-state index contributed by atoms with van der Waals surface area (Å²) >= 11 is 0. The molecule has 1 saturated heterocycles. The van der Waals surface area contributed by atoms with Gasteiger partial charge < -0.3 is 10.1 Å². The van der Waals surface area contributed by atoms with E-state index in [0.29, 0.717) is 12.2 Å². The summed E-state index contributed by atoms with van der Waals surface area (Å²) in [6, 6.07) is 1.51. The van der Waals surface area contributed by atoms with Gasteiger partial charge in [0, 0.05) is 25.2 Å². The number of nitrogens with one attached hydrogen (secondary N) is 1. The average Bonchev–Trinajstić information content (AvgIpc) is 2.28. The van der Waals surface area contributed by atoms with E-state index in [9.17, 15) is 0 Å². The van der Waals surface area contributed by atoms with Gasteiger partial charge in [0.25, 0.3) is 0 Å². The Labute approximate surface area is 99.5 Å². The molecule has 2 rings (SSSR count). The van der Waals surface area contributed by atoms with E-state index < -0.39 is 0 Å². The minimum atomic E-state index is 0.402. The summed E-state index contributed by atoms with van der Waals surface area (Å²) < 4.78 is 5.80. The Hall–Kier alpha value is -0.120. The summed E-state index contributed by atoms with van der Waals surface area (Å²) in [5.41, 5.74) is 0. The SMILES string of the molecule is CNC1CCCC(N2CC(C)OC(C)C2)C1. The number of ether oxygens (including phenoxy) is 1. The molecule has 1 aliphatic carbocycles. The molecule has 1 heterocycles. The van der Waals surface area contributed by atoms with E-state index in [1.807, 2.05) is 0 Å². The molecule has 2 aliphatic rings. The van der Waals surface area contributed by atoms with Crippen LogP contribution in [0, 0.1) is 0 Å². The maximum atomic E-state index is 5.80. The van der Waals surface area contributed by atoms with Crippen molar-refractivity contribution in [3.8, 4) is 0 Å². The Kier molecular flexibility index (Phi) is 4.22. The molecular weight excluding hydrogens is 200 g/mol. The van der Waals surface area contributed by atoms with Gasteiger partial charge in [-0.1, -0.05) is 6.42 Å². The molecule has 2 fully saturated rings. The molecular formula is C13H26N2O. The molecule has 0 radical (unpaired) electrons. The average molecular weight is 226 g/mol. The van der Waals surface area contributed by atoms with Crippen LogP contribution in [0.5, 0.6) is 0 Å². The molecule has 0 spiro atoms. The number of hydrogen-bond donors (Lipinski definition) is 1. The van der Waals surface area contributed by atoms with Crippen molar-refractivity contribution >= 4 is 0 Å². The molecule has 0 aromatic heterocycles. The van der Waals surface area contributed by atoms with Gasteiger partial charge in [-0.3, -0.25) is 4.90 Å². The Morgan fingerprint density at radius 2 is 1.81 bits per heavy atom. The first-order chi connectivity index (χ1) is 7.69. The fraction of sp³-hybridized carbons (Fsp3) is 1.00. The molecule has 94 valence electrons. The van der Waals surface area contributed by atoms with Gasteiger partial charge in [0.2, 0.25) is 0 Å². The first-order valence-corrected chi connectivity index (χ1v) is 6.75. The van der Waals surface area contributed by atoms with Crippen molar-refractivity contribution in [3.63, 3.8) is 0 Å². The Morgan fingerprint density at radius 1 is 1.12 bits per heavy atom. The van der Waals surface area contributed by atoms with Crippen LogP contribution < -0.4 is 5.32 Å². The first-order valence-electron chi connectivity index (χ1n) is 6.75. The molecule has 0 bridgehead atoms. The van der Waals surface area contributed by atoms with Crippen LogP contribution in [-0.4, -0.2) is 49.3 Å². The van der Waals surface area contributed by atoms with Crippen molar-refractivity contribution in [1.82, 2.24) is 10.2 Å². The molecule has 3 heteroatoms. The van der Waals surface area contributed by atoms with E-state index >= 15 is 0 Å². The zero-order chi connectivity index (χ0) is 11.5. The molecule has 1 saturated carbocycles. The van der Waals surface area contributed by atoms with Crippen molar-refractivity contribution < 1.29 is 4.74 Å². The third-order valence-corrected chi connectivity index (χ3v) is 4.02. The van der Waals surface area contributed by atoms with E-state index in [0.717, 1.165) is 25.2 Å². The maximum Gasteiger partial charge on any atom is 0.0678 e. The molecule has 0 aromatic carbocycles. The molecule has 0 amide bonds. The number of rotatable bonds is 2. The summed E-state index contributed by atoms with van der Waals surface area (Å²) in [7, 11) is 2.09. The maximum absolute atomic E-state index is 5.80. The summed E-state index contributed by atoms with van der Waals surface area (Å²) in [6.45, 7) is 6.62.